The molecular weight excluding hydrogens is 507 g/mol. The molecule has 2 aliphatic heterocycles. The van der Waals surface area contributed by atoms with Crippen molar-refractivity contribution in [3.8, 4) is 17.0 Å². The van der Waals surface area contributed by atoms with Crippen LogP contribution >= 0.6 is 0 Å². The minimum absolute atomic E-state index is 0.0621. The van der Waals surface area contributed by atoms with Gasteiger partial charge >= 0.3 is 12.1 Å². The van der Waals surface area contributed by atoms with E-state index in [0.717, 1.165) is 51.2 Å². The van der Waals surface area contributed by atoms with E-state index >= 15 is 0 Å². The number of nitrogens with zero attached hydrogens (tertiary/aromatic N) is 3. The minimum atomic E-state index is -4.52. The number of likely N-dealkylation sites (tertiary alicyclic amines) is 2. The lowest BCUT2D eigenvalue weighted by Gasteiger charge is -2.40. The maximum absolute atomic E-state index is 13.6. The zero-order chi connectivity index (χ0) is 27.6. The normalized spacial score (nSPS) is 17.9. The van der Waals surface area contributed by atoms with Crippen LogP contribution in [0.1, 0.15) is 60.5 Å². The largest absolute Gasteiger partial charge is 0.494 e. The molecule has 0 amide bonds. The highest BCUT2D eigenvalue weighted by Gasteiger charge is 2.32. The van der Waals surface area contributed by atoms with Crippen LogP contribution in [0.4, 0.5) is 13.2 Å². The highest BCUT2D eigenvalue weighted by Crippen LogP contribution is 2.37. The third-order valence-electron chi connectivity index (χ3n) is 7.89. The summed E-state index contributed by atoms with van der Waals surface area (Å²) in [6.45, 7) is 6.40. The molecule has 2 fully saturated rings. The summed E-state index contributed by atoms with van der Waals surface area (Å²) in [4.78, 5) is 22.3. The number of ether oxygens (including phenoxy) is 1. The van der Waals surface area contributed by atoms with Gasteiger partial charge in [0.15, 0.2) is 0 Å². The summed E-state index contributed by atoms with van der Waals surface area (Å²) in [5.74, 6) is -0.614. The number of carboxylic acid groups (broad SMARTS) is 1. The van der Waals surface area contributed by atoms with Crippen molar-refractivity contribution in [1.29, 1.82) is 0 Å². The van der Waals surface area contributed by atoms with Crippen LogP contribution in [0.15, 0.2) is 42.5 Å². The highest BCUT2D eigenvalue weighted by atomic mass is 19.4. The standard InChI is InChI=1S/C30H34F3N3O3/c1-2-39-23-9-10-26-24(18-23)27(29(37)38)25(28(34-26)20-7-6-8-21(17-20)30(31,32)33)19-35-15-11-22(12-16-35)36-13-4-3-5-14-36/h6-10,17-18,22H,2-5,11-16,19H2,1H3,(H,37,38). The first kappa shape index (κ1) is 27.4. The summed E-state index contributed by atoms with van der Waals surface area (Å²) in [7, 11) is 0. The second-order valence-electron chi connectivity index (χ2n) is 10.4. The Labute approximate surface area is 226 Å². The fraction of sp³-hybridized carbons (Fsp3) is 0.467. The molecule has 0 bridgehead atoms. The number of fused-ring (bicyclic) bond motifs is 1. The third-order valence-corrected chi connectivity index (χ3v) is 7.89. The number of alkyl halides is 3. The van der Waals surface area contributed by atoms with Crippen LogP contribution in [0.25, 0.3) is 22.2 Å². The number of hydrogen-bond acceptors (Lipinski definition) is 5. The molecule has 39 heavy (non-hydrogen) atoms. The van der Waals surface area contributed by atoms with Crippen molar-refractivity contribution in [1.82, 2.24) is 14.8 Å². The van der Waals surface area contributed by atoms with E-state index in [1.54, 1.807) is 24.3 Å². The molecule has 0 atom stereocenters. The van der Waals surface area contributed by atoms with Gasteiger partial charge in [-0.15, -0.1) is 0 Å². The van der Waals surface area contributed by atoms with Gasteiger partial charge in [-0.2, -0.15) is 13.2 Å². The molecule has 0 saturated carbocycles. The molecule has 9 heteroatoms. The quantitative estimate of drug-likeness (QED) is 0.370. The van der Waals surface area contributed by atoms with E-state index in [2.05, 4.69) is 9.80 Å². The average Bonchev–Trinajstić information content (AvgIpc) is 2.93. The van der Waals surface area contributed by atoms with Crippen molar-refractivity contribution in [3.63, 3.8) is 0 Å². The number of halogens is 3. The number of aromatic nitrogens is 1. The molecule has 0 unspecified atom stereocenters. The van der Waals surface area contributed by atoms with Crippen LogP contribution in [-0.2, 0) is 12.7 Å². The zero-order valence-corrected chi connectivity index (χ0v) is 22.1. The number of carboxylic acids is 1. The Balaban J connectivity index is 1.56. The topological polar surface area (TPSA) is 65.9 Å². The summed E-state index contributed by atoms with van der Waals surface area (Å²) in [6.07, 6.45) is 1.19. The molecule has 1 N–H and O–H groups in total. The van der Waals surface area contributed by atoms with E-state index in [1.807, 2.05) is 6.92 Å². The summed E-state index contributed by atoms with van der Waals surface area (Å²) in [5.41, 5.74) is 0.621. The highest BCUT2D eigenvalue weighted by molar-refractivity contribution is 6.06. The van der Waals surface area contributed by atoms with Gasteiger partial charge in [-0.3, -0.25) is 4.90 Å². The first-order valence-electron chi connectivity index (χ1n) is 13.7. The smallest absolute Gasteiger partial charge is 0.416 e. The molecule has 1 aromatic heterocycles. The van der Waals surface area contributed by atoms with Crippen LogP contribution < -0.4 is 4.74 Å². The van der Waals surface area contributed by atoms with Crippen LogP contribution in [0, 0.1) is 0 Å². The van der Waals surface area contributed by atoms with Crippen molar-refractivity contribution in [2.45, 2.75) is 57.8 Å². The predicted molar refractivity (Wildman–Crippen MR) is 144 cm³/mol. The lowest BCUT2D eigenvalue weighted by Crippen LogP contribution is -2.46. The second kappa shape index (κ2) is 11.5. The molecule has 5 rings (SSSR count). The number of rotatable bonds is 7. The molecule has 208 valence electrons. The van der Waals surface area contributed by atoms with Gasteiger partial charge < -0.3 is 14.7 Å². The van der Waals surface area contributed by atoms with Crippen molar-refractivity contribution in [2.75, 3.05) is 32.8 Å². The van der Waals surface area contributed by atoms with E-state index in [4.69, 9.17) is 9.72 Å². The summed E-state index contributed by atoms with van der Waals surface area (Å²) in [6, 6.07) is 10.5. The SMILES string of the molecule is CCOc1ccc2nc(-c3cccc(C(F)(F)F)c3)c(CN3CCC(N4CCCCC4)CC3)c(C(=O)O)c2c1. The summed E-state index contributed by atoms with van der Waals surface area (Å²) >= 11 is 0. The fourth-order valence-corrected chi connectivity index (χ4v) is 5.97. The van der Waals surface area contributed by atoms with Crippen LogP contribution in [0.2, 0.25) is 0 Å². The Hall–Kier alpha value is -3.17. The third kappa shape index (κ3) is 6.04. The molecule has 2 aliphatic rings. The van der Waals surface area contributed by atoms with E-state index in [9.17, 15) is 23.1 Å². The zero-order valence-electron chi connectivity index (χ0n) is 22.1. The molecule has 3 heterocycles. The minimum Gasteiger partial charge on any atom is -0.494 e. The predicted octanol–water partition coefficient (Wildman–Crippen LogP) is 6.47. The Kier molecular flexibility index (Phi) is 8.09. The van der Waals surface area contributed by atoms with E-state index in [1.165, 1.54) is 25.3 Å². The van der Waals surface area contributed by atoms with Gasteiger partial charge in [-0.05, 0) is 89.1 Å². The number of hydrogen-bond donors (Lipinski definition) is 1. The number of piperidine rings is 2. The van der Waals surface area contributed by atoms with Gasteiger partial charge in [0.25, 0.3) is 0 Å². The van der Waals surface area contributed by atoms with E-state index in [-0.39, 0.29) is 16.8 Å². The Morgan fingerprint density at radius 2 is 1.79 bits per heavy atom. The molecule has 0 spiro atoms. The summed E-state index contributed by atoms with van der Waals surface area (Å²) < 4.78 is 46.4. The Bertz CT molecular complexity index is 1330. The van der Waals surface area contributed by atoms with Gasteiger partial charge in [-0.25, -0.2) is 9.78 Å². The van der Waals surface area contributed by atoms with E-state index in [0.29, 0.717) is 41.4 Å². The van der Waals surface area contributed by atoms with Gasteiger partial charge in [0, 0.05) is 29.1 Å². The number of aromatic carboxylic acids is 1. The number of carbonyl (C=O) groups is 1. The molecule has 2 aromatic carbocycles. The van der Waals surface area contributed by atoms with Crippen molar-refractivity contribution >= 4 is 16.9 Å². The maximum Gasteiger partial charge on any atom is 0.416 e. The van der Waals surface area contributed by atoms with Crippen LogP contribution in [0.5, 0.6) is 5.75 Å². The number of pyridine rings is 1. The Morgan fingerprint density at radius 3 is 2.46 bits per heavy atom. The monoisotopic (exact) mass is 541 g/mol. The second-order valence-corrected chi connectivity index (χ2v) is 10.4. The summed E-state index contributed by atoms with van der Waals surface area (Å²) in [5, 5.41) is 10.8. The molecule has 6 nitrogen and oxygen atoms in total. The van der Waals surface area contributed by atoms with Gasteiger partial charge in [0.1, 0.15) is 5.75 Å². The van der Waals surface area contributed by atoms with Crippen LogP contribution in [0.3, 0.4) is 0 Å². The lowest BCUT2D eigenvalue weighted by molar-refractivity contribution is -0.137. The van der Waals surface area contributed by atoms with Gasteiger partial charge in [0.2, 0.25) is 0 Å². The van der Waals surface area contributed by atoms with Crippen molar-refractivity contribution in [3.05, 3.63) is 59.2 Å². The lowest BCUT2D eigenvalue weighted by atomic mass is 9.94. The van der Waals surface area contributed by atoms with Crippen molar-refractivity contribution < 1.29 is 27.8 Å². The number of benzene rings is 2. The van der Waals surface area contributed by atoms with Gasteiger partial charge in [0.05, 0.1) is 28.9 Å². The first-order chi connectivity index (χ1) is 18.7. The van der Waals surface area contributed by atoms with E-state index < -0.39 is 17.7 Å². The molecule has 0 radical (unpaired) electrons. The molecule has 3 aromatic rings. The average molecular weight is 542 g/mol. The van der Waals surface area contributed by atoms with Crippen LogP contribution in [-0.4, -0.2) is 64.7 Å². The first-order valence-corrected chi connectivity index (χ1v) is 13.7. The molecule has 2 saturated heterocycles. The van der Waals surface area contributed by atoms with Gasteiger partial charge in [-0.1, -0.05) is 18.6 Å². The fourth-order valence-electron chi connectivity index (χ4n) is 5.97. The van der Waals surface area contributed by atoms with Crippen molar-refractivity contribution in [2.24, 2.45) is 0 Å². The molecule has 0 aliphatic carbocycles. The maximum atomic E-state index is 13.6. The molecular formula is C30H34F3N3O3. The Morgan fingerprint density at radius 1 is 1.05 bits per heavy atom.